The van der Waals surface area contributed by atoms with Gasteiger partial charge < -0.3 is 10.1 Å². The molecule has 1 heterocycles. The van der Waals surface area contributed by atoms with Gasteiger partial charge in [0.1, 0.15) is 0 Å². The third-order valence-corrected chi connectivity index (χ3v) is 4.35. The van der Waals surface area contributed by atoms with E-state index in [-0.39, 0.29) is 6.61 Å². The topological polar surface area (TPSA) is 62.4 Å². The quantitative estimate of drug-likeness (QED) is 0.574. The summed E-state index contributed by atoms with van der Waals surface area (Å²) in [4.78, 5) is 4.34. The van der Waals surface area contributed by atoms with Gasteiger partial charge in [-0.05, 0) is 49.4 Å². The minimum absolute atomic E-state index is 0.264. The van der Waals surface area contributed by atoms with Gasteiger partial charge in [0.25, 0.3) is 0 Å². The molecule has 0 aliphatic heterocycles. The van der Waals surface area contributed by atoms with Gasteiger partial charge >= 0.3 is 0 Å². The highest BCUT2D eigenvalue weighted by molar-refractivity contribution is 6.31. The van der Waals surface area contributed by atoms with E-state index in [0.29, 0.717) is 10.9 Å². The normalized spacial score (nSPS) is 12.5. The number of nitrogens with zero attached hydrogens (tertiary/aromatic N) is 2. The molecular formula is C17H24ClN3O. The van der Waals surface area contributed by atoms with Crippen LogP contribution in [0, 0.1) is 5.92 Å². The van der Waals surface area contributed by atoms with E-state index in [0.717, 1.165) is 48.8 Å². The monoisotopic (exact) mass is 321 g/mol. The third kappa shape index (κ3) is 4.32. The molecule has 0 saturated carbocycles. The number of aromatic nitrogens is 1. The largest absolute Gasteiger partial charge is 0.396 e. The first-order chi connectivity index (χ1) is 10.7. The van der Waals surface area contributed by atoms with Gasteiger partial charge in [0.15, 0.2) is 0 Å². The third-order valence-electron chi connectivity index (χ3n) is 4.12. The number of hydrogen-bond donors (Lipinski definition) is 2. The Kier molecular flexibility index (Phi) is 6.43. The van der Waals surface area contributed by atoms with Crippen LogP contribution in [-0.2, 0) is 0 Å². The number of hydrogen-bond acceptors (Lipinski definition) is 4. The van der Waals surface area contributed by atoms with Gasteiger partial charge in [-0.15, -0.1) is 0 Å². The molecule has 0 fully saturated rings. The van der Waals surface area contributed by atoms with E-state index < -0.39 is 0 Å². The van der Waals surface area contributed by atoms with Crippen molar-refractivity contribution in [1.29, 1.82) is 0 Å². The zero-order valence-electron chi connectivity index (χ0n) is 13.0. The van der Waals surface area contributed by atoms with Crippen LogP contribution in [0.5, 0.6) is 0 Å². The van der Waals surface area contributed by atoms with Crippen LogP contribution in [0.25, 0.3) is 10.9 Å². The summed E-state index contributed by atoms with van der Waals surface area (Å²) in [7, 11) is 0. The summed E-state index contributed by atoms with van der Waals surface area (Å²) in [6.07, 6.45) is 5.82. The van der Waals surface area contributed by atoms with Crippen LogP contribution < -0.4 is 10.9 Å². The number of halogens is 1. The standard InChI is InChI=1S/C17H24ClN3O/c1-2-13(8-11-22)4-3-10-21(19)17-7-9-20-16-12-14(18)5-6-15(16)17/h5-7,9,12-13,22H,2-4,8,10-11,19H2,1H3. The Bertz CT molecular complexity index is 605. The van der Waals surface area contributed by atoms with Crippen molar-refractivity contribution in [2.24, 2.45) is 11.8 Å². The molecule has 2 rings (SSSR count). The molecule has 120 valence electrons. The molecule has 5 heteroatoms. The van der Waals surface area contributed by atoms with Gasteiger partial charge in [-0.1, -0.05) is 24.9 Å². The number of hydrazine groups is 1. The van der Waals surface area contributed by atoms with Crippen molar-refractivity contribution in [2.45, 2.75) is 32.6 Å². The molecule has 0 spiro atoms. The first kappa shape index (κ1) is 17.0. The smallest absolute Gasteiger partial charge is 0.0738 e. The highest BCUT2D eigenvalue weighted by Gasteiger charge is 2.10. The van der Waals surface area contributed by atoms with Crippen molar-refractivity contribution in [1.82, 2.24) is 4.98 Å². The molecule has 1 aromatic heterocycles. The first-order valence-corrected chi connectivity index (χ1v) is 8.20. The van der Waals surface area contributed by atoms with E-state index in [2.05, 4.69) is 11.9 Å². The molecule has 4 nitrogen and oxygen atoms in total. The van der Waals surface area contributed by atoms with E-state index in [9.17, 15) is 0 Å². The van der Waals surface area contributed by atoms with E-state index in [4.69, 9.17) is 22.6 Å². The van der Waals surface area contributed by atoms with Crippen LogP contribution in [0.3, 0.4) is 0 Å². The van der Waals surface area contributed by atoms with E-state index >= 15 is 0 Å². The Morgan fingerprint density at radius 1 is 1.32 bits per heavy atom. The summed E-state index contributed by atoms with van der Waals surface area (Å²) >= 11 is 6.01. The van der Waals surface area contributed by atoms with Gasteiger partial charge in [-0.2, -0.15) is 0 Å². The Balaban J connectivity index is 2.02. The molecule has 0 bridgehead atoms. The molecule has 0 amide bonds. The highest BCUT2D eigenvalue weighted by atomic mass is 35.5. The molecule has 0 saturated heterocycles. The van der Waals surface area contributed by atoms with Crippen LogP contribution in [0.2, 0.25) is 5.02 Å². The predicted molar refractivity (Wildman–Crippen MR) is 93.0 cm³/mol. The minimum atomic E-state index is 0.264. The van der Waals surface area contributed by atoms with Gasteiger partial charge in [0.2, 0.25) is 0 Å². The maximum Gasteiger partial charge on any atom is 0.0738 e. The lowest BCUT2D eigenvalue weighted by molar-refractivity contribution is 0.248. The second kappa shape index (κ2) is 8.32. The summed E-state index contributed by atoms with van der Waals surface area (Å²) in [6, 6.07) is 7.60. The summed E-state index contributed by atoms with van der Waals surface area (Å²) < 4.78 is 0. The maximum atomic E-state index is 9.04. The fourth-order valence-electron chi connectivity index (χ4n) is 2.76. The van der Waals surface area contributed by atoms with E-state index in [1.165, 1.54) is 0 Å². The molecule has 0 radical (unpaired) electrons. The second-order valence-corrected chi connectivity index (χ2v) is 6.05. The molecule has 0 aliphatic carbocycles. The lowest BCUT2D eigenvalue weighted by Gasteiger charge is -2.21. The van der Waals surface area contributed by atoms with Crippen molar-refractivity contribution in [3.05, 3.63) is 35.5 Å². The molecule has 2 aromatic rings. The average Bonchev–Trinajstić information content (AvgIpc) is 2.53. The SMILES string of the molecule is CCC(CCO)CCCN(N)c1ccnc2cc(Cl)ccc12. The number of anilines is 1. The average molecular weight is 322 g/mol. The molecule has 1 aromatic carbocycles. The van der Waals surface area contributed by atoms with Crippen molar-refractivity contribution in [2.75, 3.05) is 18.2 Å². The first-order valence-electron chi connectivity index (χ1n) is 7.83. The summed E-state index contributed by atoms with van der Waals surface area (Å²) in [5, 5.41) is 12.5. The van der Waals surface area contributed by atoms with E-state index in [1.807, 2.05) is 24.3 Å². The molecule has 22 heavy (non-hydrogen) atoms. The molecule has 0 aliphatic rings. The van der Waals surface area contributed by atoms with Crippen LogP contribution >= 0.6 is 11.6 Å². The Hall–Kier alpha value is -1.36. The molecular weight excluding hydrogens is 298 g/mol. The summed E-state index contributed by atoms with van der Waals surface area (Å²) in [5.74, 6) is 6.80. The lowest BCUT2D eigenvalue weighted by atomic mass is 9.97. The number of rotatable bonds is 8. The number of benzene rings is 1. The van der Waals surface area contributed by atoms with Crippen molar-refractivity contribution in [3.8, 4) is 0 Å². The van der Waals surface area contributed by atoms with Crippen LogP contribution in [-0.4, -0.2) is 23.2 Å². The summed E-state index contributed by atoms with van der Waals surface area (Å²) in [5.41, 5.74) is 1.82. The number of fused-ring (bicyclic) bond motifs is 1. The number of nitrogens with two attached hydrogens (primary N) is 1. The molecule has 1 atom stereocenters. The van der Waals surface area contributed by atoms with Gasteiger partial charge in [-0.25, -0.2) is 5.84 Å². The van der Waals surface area contributed by atoms with Gasteiger partial charge in [0.05, 0.1) is 11.2 Å². The highest BCUT2D eigenvalue weighted by Crippen LogP contribution is 2.26. The van der Waals surface area contributed by atoms with Crippen molar-refractivity contribution < 1.29 is 5.11 Å². The second-order valence-electron chi connectivity index (χ2n) is 5.61. The Morgan fingerprint density at radius 3 is 2.86 bits per heavy atom. The van der Waals surface area contributed by atoms with Gasteiger partial charge in [0, 0.05) is 29.8 Å². The van der Waals surface area contributed by atoms with Gasteiger partial charge in [-0.3, -0.25) is 4.98 Å². The Labute approximate surface area is 136 Å². The minimum Gasteiger partial charge on any atom is -0.396 e. The van der Waals surface area contributed by atoms with Crippen LogP contribution in [0.15, 0.2) is 30.5 Å². The molecule has 3 N–H and O–H groups in total. The zero-order chi connectivity index (χ0) is 15.9. The molecule has 1 unspecified atom stereocenters. The fraction of sp³-hybridized carbons (Fsp3) is 0.471. The number of aliphatic hydroxyl groups excluding tert-OH is 1. The lowest BCUT2D eigenvalue weighted by Crippen LogP contribution is -2.32. The maximum absolute atomic E-state index is 9.04. The Morgan fingerprint density at radius 2 is 2.14 bits per heavy atom. The summed E-state index contributed by atoms with van der Waals surface area (Å²) in [6.45, 7) is 3.21. The van der Waals surface area contributed by atoms with Crippen molar-refractivity contribution in [3.63, 3.8) is 0 Å². The predicted octanol–water partition coefficient (Wildman–Crippen LogP) is 3.76. The van der Waals surface area contributed by atoms with E-state index in [1.54, 1.807) is 11.2 Å². The number of pyridine rings is 1. The fourth-order valence-corrected chi connectivity index (χ4v) is 2.93. The van der Waals surface area contributed by atoms with Crippen LogP contribution in [0.1, 0.15) is 32.6 Å². The van der Waals surface area contributed by atoms with Crippen LogP contribution in [0.4, 0.5) is 5.69 Å². The van der Waals surface area contributed by atoms with Crippen molar-refractivity contribution >= 4 is 28.2 Å². The zero-order valence-corrected chi connectivity index (χ0v) is 13.8. The number of aliphatic hydroxyl groups is 1.